The average molecular weight is 757 g/mol. The number of hydrogen-bond donors (Lipinski definition) is 0. The summed E-state index contributed by atoms with van der Waals surface area (Å²) in [7, 11) is 0. The van der Waals surface area contributed by atoms with Crippen LogP contribution >= 0.6 is 0 Å². The Morgan fingerprint density at radius 2 is 0.367 bits per heavy atom. The molecule has 0 N–H and O–H groups in total. The fraction of sp³-hybridized carbons (Fsp3) is 0. The van der Waals surface area contributed by atoms with Gasteiger partial charge in [0.1, 0.15) is 0 Å². The van der Waals surface area contributed by atoms with Crippen LogP contribution in [0.3, 0.4) is 0 Å². The summed E-state index contributed by atoms with van der Waals surface area (Å²) in [4.78, 5) is 0. The molecular weight excluding hydrogens is 721 g/mol. The third-order valence-corrected chi connectivity index (χ3v) is 13.0. The zero-order chi connectivity index (χ0) is 39.3. The Balaban J connectivity index is 1.08. The van der Waals surface area contributed by atoms with Gasteiger partial charge in [0.15, 0.2) is 0 Å². The van der Waals surface area contributed by atoms with Crippen molar-refractivity contribution in [2.24, 2.45) is 0 Å². The van der Waals surface area contributed by atoms with E-state index in [-0.39, 0.29) is 0 Å². The fourth-order valence-corrected chi connectivity index (χ4v) is 10.0. The van der Waals surface area contributed by atoms with Gasteiger partial charge in [0.25, 0.3) is 0 Å². The van der Waals surface area contributed by atoms with Crippen molar-refractivity contribution in [3.63, 3.8) is 0 Å². The van der Waals surface area contributed by atoms with E-state index < -0.39 is 0 Å². The van der Waals surface area contributed by atoms with Crippen LogP contribution in [0.15, 0.2) is 218 Å². The van der Waals surface area contributed by atoms with Crippen molar-refractivity contribution in [2.45, 2.75) is 0 Å². The molecule has 13 rings (SSSR count). The van der Waals surface area contributed by atoms with Crippen LogP contribution in [0, 0.1) is 0 Å². The lowest BCUT2D eigenvalue weighted by Crippen LogP contribution is -1.90. The highest BCUT2D eigenvalue weighted by Crippen LogP contribution is 2.42. The third kappa shape index (κ3) is 5.32. The van der Waals surface area contributed by atoms with Gasteiger partial charge in [-0.1, -0.05) is 127 Å². The first-order valence-corrected chi connectivity index (χ1v) is 20.9. The second-order valence-corrected chi connectivity index (χ2v) is 16.6. The van der Waals surface area contributed by atoms with Crippen molar-refractivity contribution in [3.05, 3.63) is 218 Å². The summed E-state index contributed by atoms with van der Waals surface area (Å²) in [5.74, 6) is 0. The summed E-state index contributed by atoms with van der Waals surface area (Å²) in [6.45, 7) is 0. The SMILES string of the molecule is c1ccc2cc3cc4c(-c5cc(-c6cccc7cc8cc9ccccc9cc8cc67)cc(-c6cccc7cc8cc9ccccc9cc8cc67)c5)cccc4cc3cc2c1. The van der Waals surface area contributed by atoms with E-state index in [1.54, 1.807) is 0 Å². The molecule has 0 heterocycles. The predicted octanol–water partition coefficient (Wildman–Crippen LogP) is 17.1. The van der Waals surface area contributed by atoms with Gasteiger partial charge in [-0.15, -0.1) is 0 Å². The van der Waals surface area contributed by atoms with Crippen LogP contribution in [0.4, 0.5) is 0 Å². The van der Waals surface area contributed by atoms with Crippen molar-refractivity contribution in [1.82, 2.24) is 0 Å². The fourth-order valence-electron chi connectivity index (χ4n) is 10.0. The largest absolute Gasteiger partial charge is 0.0616 e. The van der Waals surface area contributed by atoms with Gasteiger partial charge >= 0.3 is 0 Å². The molecule has 0 saturated heterocycles. The van der Waals surface area contributed by atoms with Gasteiger partial charge in [0, 0.05) is 0 Å². The molecule has 0 aliphatic rings. The number of benzene rings is 13. The molecule has 13 aromatic carbocycles. The Kier molecular flexibility index (Phi) is 7.11. The second-order valence-electron chi connectivity index (χ2n) is 16.6. The van der Waals surface area contributed by atoms with Crippen LogP contribution in [0.5, 0.6) is 0 Å². The quantitative estimate of drug-likeness (QED) is 0.158. The van der Waals surface area contributed by atoms with Gasteiger partial charge in [0.2, 0.25) is 0 Å². The standard InChI is InChI=1S/C60H36/c1-4-13-40-25-49-34-58-43(28-46(49)22-37(40)10-1)16-7-19-55(58)52-31-53(56-20-8-17-44-29-47-23-38-11-2-5-14-41(38)26-50(47)35-59(44)56)33-54(32-52)57-21-9-18-45-30-48-24-39-12-3-6-15-42(39)27-51(48)36-60(45)57/h1-36H. The van der Waals surface area contributed by atoms with Gasteiger partial charge in [-0.3, -0.25) is 0 Å². The van der Waals surface area contributed by atoms with E-state index in [2.05, 4.69) is 218 Å². The molecule has 60 heavy (non-hydrogen) atoms. The molecule has 0 aliphatic carbocycles. The minimum atomic E-state index is 1.21. The Morgan fingerprint density at radius 1 is 0.150 bits per heavy atom. The van der Waals surface area contributed by atoms with E-state index in [0.29, 0.717) is 0 Å². The number of rotatable bonds is 3. The van der Waals surface area contributed by atoms with Crippen LogP contribution < -0.4 is 0 Å². The number of fused-ring (bicyclic) bond motifs is 9. The van der Waals surface area contributed by atoms with E-state index >= 15 is 0 Å². The lowest BCUT2D eigenvalue weighted by atomic mass is 9.87. The molecular formula is C60H36. The molecule has 0 atom stereocenters. The lowest BCUT2D eigenvalue weighted by molar-refractivity contribution is 1.61. The van der Waals surface area contributed by atoms with Gasteiger partial charge in [-0.2, -0.15) is 0 Å². The second kappa shape index (κ2) is 12.9. The van der Waals surface area contributed by atoms with Crippen molar-refractivity contribution in [3.8, 4) is 33.4 Å². The summed E-state index contributed by atoms with van der Waals surface area (Å²) in [5.41, 5.74) is 7.34. The average Bonchev–Trinajstić information content (AvgIpc) is 3.29. The zero-order valence-corrected chi connectivity index (χ0v) is 32.8. The van der Waals surface area contributed by atoms with Crippen LogP contribution in [0.2, 0.25) is 0 Å². The maximum Gasteiger partial charge on any atom is -0.00990 e. The van der Waals surface area contributed by atoms with Crippen LogP contribution in [0.1, 0.15) is 0 Å². The van der Waals surface area contributed by atoms with Crippen molar-refractivity contribution < 1.29 is 0 Å². The minimum Gasteiger partial charge on any atom is -0.0616 e. The summed E-state index contributed by atoms with van der Waals surface area (Å²) in [6, 6.07) is 82.0. The Hall–Kier alpha value is -7.80. The van der Waals surface area contributed by atoms with E-state index in [0.717, 1.165) is 0 Å². The van der Waals surface area contributed by atoms with E-state index in [1.807, 2.05) is 0 Å². The molecule has 0 heteroatoms. The molecule has 0 saturated carbocycles. The molecule has 0 nitrogen and oxygen atoms in total. The predicted molar refractivity (Wildman–Crippen MR) is 260 cm³/mol. The van der Waals surface area contributed by atoms with E-state index in [9.17, 15) is 0 Å². The molecule has 0 fully saturated rings. The highest BCUT2D eigenvalue weighted by molar-refractivity contribution is 6.13. The van der Waals surface area contributed by atoms with Gasteiger partial charge in [-0.25, -0.2) is 0 Å². The van der Waals surface area contributed by atoms with Gasteiger partial charge < -0.3 is 0 Å². The molecule has 0 bridgehead atoms. The molecule has 13 aromatic rings. The maximum atomic E-state index is 2.43. The Labute approximate surface area is 347 Å². The van der Waals surface area contributed by atoms with Crippen LogP contribution in [-0.4, -0.2) is 0 Å². The molecule has 0 unspecified atom stereocenters. The lowest BCUT2D eigenvalue weighted by Gasteiger charge is -2.17. The number of hydrogen-bond acceptors (Lipinski definition) is 0. The first-order chi connectivity index (χ1) is 29.6. The third-order valence-electron chi connectivity index (χ3n) is 13.0. The summed E-state index contributed by atoms with van der Waals surface area (Å²) in [5, 5.41) is 22.7. The zero-order valence-electron chi connectivity index (χ0n) is 32.8. The molecule has 0 aliphatic heterocycles. The molecule has 276 valence electrons. The first-order valence-electron chi connectivity index (χ1n) is 20.9. The highest BCUT2D eigenvalue weighted by atomic mass is 14.2. The monoisotopic (exact) mass is 756 g/mol. The minimum absolute atomic E-state index is 1.21. The Morgan fingerprint density at radius 3 is 0.633 bits per heavy atom. The van der Waals surface area contributed by atoms with Crippen LogP contribution in [0.25, 0.3) is 130 Å². The molecule has 0 amide bonds. The molecule has 0 radical (unpaired) electrons. The normalized spacial score (nSPS) is 12.0. The van der Waals surface area contributed by atoms with Crippen molar-refractivity contribution >= 4 is 97.0 Å². The van der Waals surface area contributed by atoms with E-state index in [1.165, 1.54) is 130 Å². The summed E-state index contributed by atoms with van der Waals surface area (Å²) in [6.07, 6.45) is 0. The highest BCUT2D eigenvalue weighted by Gasteiger charge is 2.15. The molecule has 0 aromatic heterocycles. The van der Waals surface area contributed by atoms with Gasteiger partial charge in [0.05, 0.1) is 0 Å². The van der Waals surface area contributed by atoms with Crippen molar-refractivity contribution in [2.75, 3.05) is 0 Å². The molecule has 0 spiro atoms. The van der Waals surface area contributed by atoms with Gasteiger partial charge in [-0.05, 0) is 221 Å². The van der Waals surface area contributed by atoms with Crippen LogP contribution in [-0.2, 0) is 0 Å². The Bertz CT molecular complexity index is 3520. The van der Waals surface area contributed by atoms with Crippen molar-refractivity contribution in [1.29, 1.82) is 0 Å². The smallest absolute Gasteiger partial charge is 0.00990 e. The first kappa shape index (κ1) is 33.2. The maximum absolute atomic E-state index is 2.43. The summed E-state index contributed by atoms with van der Waals surface area (Å²) < 4.78 is 0. The summed E-state index contributed by atoms with van der Waals surface area (Å²) >= 11 is 0. The topological polar surface area (TPSA) is 0 Å². The van der Waals surface area contributed by atoms with E-state index in [4.69, 9.17) is 0 Å².